The van der Waals surface area contributed by atoms with Gasteiger partial charge in [0.05, 0.1) is 17.2 Å². The molecule has 7 nitrogen and oxygen atoms in total. The smallest absolute Gasteiger partial charge is 0.342 e. The molecule has 8 heteroatoms. The van der Waals surface area contributed by atoms with Gasteiger partial charge in [-0.15, -0.1) is 0 Å². The minimum Gasteiger partial charge on any atom is -0.462 e. The summed E-state index contributed by atoms with van der Waals surface area (Å²) in [7, 11) is -4.24. The van der Waals surface area contributed by atoms with Crippen LogP contribution in [-0.4, -0.2) is 26.9 Å². The lowest BCUT2D eigenvalue weighted by Gasteiger charge is -2.23. The van der Waals surface area contributed by atoms with Gasteiger partial charge in [0.2, 0.25) is 5.91 Å². The van der Waals surface area contributed by atoms with Crippen LogP contribution >= 0.6 is 0 Å². The maximum Gasteiger partial charge on any atom is 0.342 e. The van der Waals surface area contributed by atoms with Gasteiger partial charge in [-0.25, -0.2) is 17.5 Å². The second-order valence-electron chi connectivity index (χ2n) is 7.86. The number of aryl methyl sites for hydroxylation is 1. The number of nitrogens with zero attached hydrogens (tertiary/aromatic N) is 1. The molecule has 0 atom stereocenters. The zero-order valence-electron chi connectivity index (χ0n) is 19.2. The van der Waals surface area contributed by atoms with Crippen LogP contribution in [0.1, 0.15) is 42.8 Å². The molecule has 0 N–H and O–H groups in total. The minimum atomic E-state index is -4.24. The first-order valence-electron chi connectivity index (χ1n) is 11.0. The third-order valence-electron chi connectivity index (χ3n) is 5.51. The van der Waals surface area contributed by atoms with Gasteiger partial charge >= 0.3 is 5.97 Å². The SMILES string of the molecule is CCCC(=O)N(c1ccc2oc(C)c(C(=O)OCC)c2c1)S(=O)(=O)c1ccc2ccccc2c1. The highest BCUT2D eigenvalue weighted by Gasteiger charge is 2.32. The predicted octanol–water partition coefficient (Wildman–Crippen LogP) is 5.59. The van der Waals surface area contributed by atoms with Crippen molar-refractivity contribution in [3.05, 3.63) is 72.0 Å². The first kappa shape index (κ1) is 23.5. The van der Waals surface area contributed by atoms with E-state index in [2.05, 4.69) is 0 Å². The van der Waals surface area contributed by atoms with E-state index >= 15 is 0 Å². The zero-order valence-corrected chi connectivity index (χ0v) is 20.0. The number of hydrogen-bond donors (Lipinski definition) is 0. The largest absolute Gasteiger partial charge is 0.462 e. The van der Waals surface area contributed by atoms with E-state index < -0.39 is 21.9 Å². The summed E-state index contributed by atoms with van der Waals surface area (Å²) >= 11 is 0. The lowest BCUT2D eigenvalue weighted by Crippen LogP contribution is -2.36. The number of hydrogen-bond acceptors (Lipinski definition) is 6. The van der Waals surface area contributed by atoms with Gasteiger partial charge < -0.3 is 9.15 Å². The highest BCUT2D eigenvalue weighted by Crippen LogP contribution is 2.33. The van der Waals surface area contributed by atoms with E-state index in [1.807, 2.05) is 24.3 Å². The number of ether oxygens (including phenoxy) is 1. The van der Waals surface area contributed by atoms with E-state index in [1.54, 1.807) is 39.0 Å². The Morgan fingerprint density at radius 2 is 1.71 bits per heavy atom. The van der Waals surface area contributed by atoms with Crippen molar-refractivity contribution in [2.24, 2.45) is 0 Å². The molecule has 0 spiro atoms. The van der Waals surface area contributed by atoms with Crippen molar-refractivity contribution >= 4 is 49.3 Å². The Morgan fingerprint density at radius 1 is 0.971 bits per heavy atom. The van der Waals surface area contributed by atoms with Crippen LogP contribution in [0.5, 0.6) is 0 Å². The van der Waals surface area contributed by atoms with Crippen LogP contribution in [0.4, 0.5) is 5.69 Å². The number of rotatable bonds is 7. The molecular formula is C26H25NO6S. The van der Waals surface area contributed by atoms with Crippen LogP contribution in [0.2, 0.25) is 0 Å². The van der Waals surface area contributed by atoms with Gasteiger partial charge in [-0.1, -0.05) is 37.3 Å². The zero-order chi connectivity index (χ0) is 24.5. The lowest BCUT2D eigenvalue weighted by molar-refractivity contribution is -0.117. The monoisotopic (exact) mass is 479 g/mol. The first-order chi connectivity index (χ1) is 16.3. The van der Waals surface area contributed by atoms with Gasteiger partial charge in [0, 0.05) is 11.8 Å². The predicted molar refractivity (Wildman–Crippen MR) is 130 cm³/mol. The number of carbonyl (C=O) groups excluding carboxylic acids is 2. The number of carbonyl (C=O) groups is 2. The first-order valence-corrected chi connectivity index (χ1v) is 12.5. The van der Waals surface area contributed by atoms with Crippen LogP contribution in [0, 0.1) is 6.92 Å². The molecular weight excluding hydrogens is 454 g/mol. The third kappa shape index (κ3) is 4.17. The van der Waals surface area contributed by atoms with Crippen molar-refractivity contribution in [3.8, 4) is 0 Å². The number of anilines is 1. The fourth-order valence-electron chi connectivity index (χ4n) is 3.96. The lowest BCUT2D eigenvalue weighted by atomic mass is 10.1. The molecule has 1 aromatic heterocycles. The average molecular weight is 480 g/mol. The summed E-state index contributed by atoms with van der Waals surface area (Å²) < 4.78 is 39.1. The topological polar surface area (TPSA) is 93.9 Å². The molecule has 0 radical (unpaired) electrons. The molecule has 176 valence electrons. The van der Waals surface area contributed by atoms with E-state index in [4.69, 9.17) is 9.15 Å². The number of esters is 1. The fourth-order valence-corrected chi connectivity index (χ4v) is 5.43. The molecule has 0 unspecified atom stereocenters. The van der Waals surface area contributed by atoms with E-state index in [0.29, 0.717) is 23.2 Å². The molecule has 1 heterocycles. The maximum atomic E-state index is 13.7. The standard InChI is InChI=1S/C26H25NO6S/c1-4-8-24(28)27(34(30,31)21-13-11-18-9-6-7-10-19(18)15-21)20-12-14-23-22(16-20)25(17(3)33-23)26(29)32-5-2/h6-7,9-16H,4-5,8H2,1-3H3. The van der Waals surface area contributed by atoms with Crippen LogP contribution in [0.15, 0.2) is 70.0 Å². The molecule has 4 rings (SSSR count). The van der Waals surface area contributed by atoms with E-state index in [1.165, 1.54) is 18.2 Å². The number of amides is 1. The van der Waals surface area contributed by atoms with Crippen molar-refractivity contribution in [2.75, 3.05) is 10.9 Å². The van der Waals surface area contributed by atoms with Crippen LogP contribution in [-0.2, 0) is 19.6 Å². The molecule has 4 aromatic rings. The summed E-state index contributed by atoms with van der Waals surface area (Å²) in [5, 5.41) is 2.02. The van der Waals surface area contributed by atoms with E-state index in [0.717, 1.165) is 15.1 Å². The summed E-state index contributed by atoms with van der Waals surface area (Å²) in [6.45, 7) is 5.32. The molecule has 0 bridgehead atoms. The maximum absolute atomic E-state index is 13.7. The normalized spacial score (nSPS) is 11.6. The minimum absolute atomic E-state index is 0.00439. The molecule has 3 aromatic carbocycles. The van der Waals surface area contributed by atoms with Crippen molar-refractivity contribution in [1.82, 2.24) is 0 Å². The summed E-state index contributed by atoms with van der Waals surface area (Å²) in [5.74, 6) is -0.776. The molecule has 1 amide bonds. The van der Waals surface area contributed by atoms with Crippen molar-refractivity contribution in [3.63, 3.8) is 0 Å². The number of sulfonamides is 1. The number of fused-ring (bicyclic) bond motifs is 2. The van der Waals surface area contributed by atoms with Gasteiger partial charge in [0.1, 0.15) is 16.9 Å². The van der Waals surface area contributed by atoms with E-state index in [9.17, 15) is 18.0 Å². The van der Waals surface area contributed by atoms with Gasteiger partial charge in [0.25, 0.3) is 10.0 Å². The third-order valence-corrected chi connectivity index (χ3v) is 7.26. The Balaban J connectivity index is 1.89. The summed E-state index contributed by atoms with van der Waals surface area (Å²) in [4.78, 5) is 25.6. The van der Waals surface area contributed by atoms with Gasteiger partial charge in [0.15, 0.2) is 0 Å². The van der Waals surface area contributed by atoms with Gasteiger partial charge in [-0.2, -0.15) is 0 Å². The Labute approximate surface area is 198 Å². The Bertz CT molecular complexity index is 1500. The van der Waals surface area contributed by atoms with E-state index in [-0.39, 0.29) is 29.2 Å². The summed E-state index contributed by atoms with van der Waals surface area (Å²) in [6, 6.07) is 16.7. The average Bonchev–Trinajstić information content (AvgIpc) is 3.14. The highest BCUT2D eigenvalue weighted by atomic mass is 32.2. The Morgan fingerprint density at radius 3 is 2.41 bits per heavy atom. The van der Waals surface area contributed by atoms with Crippen LogP contribution in [0.3, 0.4) is 0 Å². The number of furan rings is 1. The second-order valence-corrected chi connectivity index (χ2v) is 9.64. The second kappa shape index (κ2) is 9.30. The van der Waals surface area contributed by atoms with Crippen molar-refractivity contribution < 1.29 is 27.2 Å². The molecule has 0 saturated carbocycles. The molecule has 0 aliphatic rings. The van der Waals surface area contributed by atoms with Crippen LogP contribution in [0.25, 0.3) is 21.7 Å². The summed E-state index contributed by atoms with van der Waals surface area (Å²) in [6.07, 6.45) is 0.518. The Kier molecular flexibility index (Phi) is 6.43. The molecule has 0 fully saturated rings. The highest BCUT2D eigenvalue weighted by molar-refractivity contribution is 7.93. The quantitative estimate of drug-likeness (QED) is 0.321. The molecule has 0 saturated heterocycles. The number of benzene rings is 3. The summed E-state index contributed by atoms with van der Waals surface area (Å²) in [5.41, 5.74) is 0.741. The molecule has 0 aliphatic carbocycles. The van der Waals surface area contributed by atoms with Gasteiger partial charge in [-0.05, 0) is 61.4 Å². The molecule has 0 aliphatic heterocycles. The Hall–Kier alpha value is -3.65. The van der Waals surface area contributed by atoms with Gasteiger partial charge in [-0.3, -0.25) is 4.79 Å². The van der Waals surface area contributed by atoms with Crippen molar-refractivity contribution in [1.29, 1.82) is 0 Å². The van der Waals surface area contributed by atoms with Crippen LogP contribution < -0.4 is 4.31 Å². The molecule has 34 heavy (non-hydrogen) atoms. The van der Waals surface area contributed by atoms with Crippen molar-refractivity contribution in [2.45, 2.75) is 38.5 Å². The fraction of sp³-hybridized carbons (Fsp3) is 0.231.